The first-order valence-electron chi connectivity index (χ1n) is 7.38. The van der Waals surface area contributed by atoms with Crippen LogP contribution in [0, 0.1) is 23.5 Å². The van der Waals surface area contributed by atoms with Crippen LogP contribution in [0.5, 0.6) is 0 Å². The van der Waals surface area contributed by atoms with Gasteiger partial charge in [0, 0.05) is 18.7 Å². The Labute approximate surface area is 124 Å². The van der Waals surface area contributed by atoms with Gasteiger partial charge in [-0.2, -0.15) is 0 Å². The molecule has 1 aliphatic rings. The third kappa shape index (κ3) is 3.71. The molecule has 1 aromatic rings. The number of hydrogen-bond donors (Lipinski definition) is 2. The first-order chi connectivity index (χ1) is 9.90. The smallest absolute Gasteiger partial charge is 0.251 e. The molecule has 2 N–H and O–H groups in total. The van der Waals surface area contributed by atoms with Gasteiger partial charge in [-0.05, 0) is 43.2 Å². The summed E-state index contributed by atoms with van der Waals surface area (Å²) in [7, 11) is 1.44. The lowest BCUT2D eigenvalue weighted by Gasteiger charge is -2.32. The lowest BCUT2D eigenvalue weighted by molar-refractivity contribution is 0.0910. The van der Waals surface area contributed by atoms with Gasteiger partial charge < -0.3 is 10.6 Å². The molecule has 116 valence electrons. The van der Waals surface area contributed by atoms with Gasteiger partial charge in [0.25, 0.3) is 5.91 Å². The van der Waals surface area contributed by atoms with Crippen molar-refractivity contribution in [2.24, 2.45) is 11.8 Å². The first-order valence-corrected chi connectivity index (χ1v) is 7.38. The summed E-state index contributed by atoms with van der Waals surface area (Å²) in [5.74, 6) is -0.818. The summed E-state index contributed by atoms with van der Waals surface area (Å²) >= 11 is 0. The summed E-state index contributed by atoms with van der Waals surface area (Å²) in [6.45, 7) is 4.33. The molecule has 0 saturated heterocycles. The van der Waals surface area contributed by atoms with Crippen LogP contribution in [0.3, 0.4) is 0 Å². The summed E-state index contributed by atoms with van der Waals surface area (Å²) in [6, 6.07) is 2.21. The van der Waals surface area contributed by atoms with Crippen molar-refractivity contribution in [3.05, 3.63) is 29.3 Å². The number of rotatable bonds is 3. The van der Waals surface area contributed by atoms with Gasteiger partial charge in [0.15, 0.2) is 0 Å². The largest absolute Gasteiger partial charge is 0.383 e. The molecule has 0 aromatic heterocycles. The van der Waals surface area contributed by atoms with Crippen molar-refractivity contribution in [2.45, 2.75) is 39.2 Å². The first kappa shape index (κ1) is 15.7. The van der Waals surface area contributed by atoms with Crippen LogP contribution in [0.15, 0.2) is 12.1 Å². The maximum atomic E-state index is 13.7. The van der Waals surface area contributed by atoms with E-state index in [1.54, 1.807) is 0 Å². The van der Waals surface area contributed by atoms with Gasteiger partial charge in [0.2, 0.25) is 0 Å². The molecule has 5 heteroatoms. The van der Waals surface area contributed by atoms with Crippen LogP contribution in [0.2, 0.25) is 0 Å². The Kier molecular flexibility index (Phi) is 4.80. The normalized spacial score (nSPS) is 25.5. The second kappa shape index (κ2) is 6.41. The molecule has 1 fully saturated rings. The minimum Gasteiger partial charge on any atom is -0.383 e. The molecule has 1 amide bonds. The van der Waals surface area contributed by atoms with Crippen molar-refractivity contribution >= 4 is 11.6 Å². The predicted molar refractivity (Wildman–Crippen MR) is 79.3 cm³/mol. The molecule has 21 heavy (non-hydrogen) atoms. The number of amides is 1. The van der Waals surface area contributed by atoms with Crippen molar-refractivity contribution < 1.29 is 13.6 Å². The standard InChI is InChI=1S/C16H22F2N2O/c1-9-4-10(2)6-12(5-9)20-16(21)11-7-13(17)15(19-3)14(18)8-11/h7-10,12,19H,4-6H2,1-3H3,(H,20,21). The van der Waals surface area contributed by atoms with Gasteiger partial charge in [0.05, 0.1) is 0 Å². The molecule has 0 heterocycles. The Morgan fingerprint density at radius 2 is 1.62 bits per heavy atom. The van der Waals surface area contributed by atoms with Gasteiger partial charge in [-0.1, -0.05) is 13.8 Å². The van der Waals surface area contributed by atoms with E-state index in [0.29, 0.717) is 11.8 Å². The molecule has 3 nitrogen and oxygen atoms in total. The van der Waals surface area contributed by atoms with Crippen molar-refractivity contribution in [3.8, 4) is 0 Å². The Hall–Kier alpha value is -1.65. The van der Waals surface area contributed by atoms with Gasteiger partial charge in [-0.15, -0.1) is 0 Å². The van der Waals surface area contributed by atoms with Crippen molar-refractivity contribution in [1.82, 2.24) is 5.32 Å². The van der Waals surface area contributed by atoms with E-state index in [9.17, 15) is 13.6 Å². The van der Waals surface area contributed by atoms with E-state index in [4.69, 9.17) is 0 Å². The summed E-state index contributed by atoms with van der Waals surface area (Å²) in [6.07, 6.45) is 2.98. The molecular weight excluding hydrogens is 274 g/mol. The van der Waals surface area contributed by atoms with Crippen LogP contribution >= 0.6 is 0 Å². The fourth-order valence-corrected chi connectivity index (χ4v) is 3.28. The van der Waals surface area contributed by atoms with E-state index >= 15 is 0 Å². The molecule has 0 spiro atoms. The summed E-state index contributed by atoms with van der Waals surface area (Å²) in [5.41, 5.74) is -0.193. The topological polar surface area (TPSA) is 41.1 Å². The molecule has 1 saturated carbocycles. The van der Waals surface area contributed by atoms with Crippen LogP contribution in [0.25, 0.3) is 0 Å². The lowest BCUT2D eigenvalue weighted by Crippen LogP contribution is -2.40. The second-order valence-corrected chi connectivity index (χ2v) is 6.15. The molecular formula is C16H22F2N2O. The Balaban J connectivity index is 2.10. The highest BCUT2D eigenvalue weighted by Crippen LogP contribution is 2.29. The molecule has 2 unspecified atom stereocenters. The van der Waals surface area contributed by atoms with Crippen LogP contribution < -0.4 is 10.6 Å². The fourth-order valence-electron chi connectivity index (χ4n) is 3.28. The molecule has 0 radical (unpaired) electrons. The minimum atomic E-state index is -0.756. The third-order valence-electron chi connectivity index (χ3n) is 4.07. The van der Waals surface area contributed by atoms with Crippen LogP contribution in [-0.2, 0) is 0 Å². The Morgan fingerprint density at radius 1 is 1.10 bits per heavy atom. The molecule has 2 rings (SSSR count). The highest BCUT2D eigenvalue weighted by molar-refractivity contribution is 5.94. The quantitative estimate of drug-likeness (QED) is 0.895. The van der Waals surface area contributed by atoms with E-state index in [0.717, 1.165) is 31.4 Å². The molecule has 2 atom stereocenters. The summed E-state index contributed by atoms with van der Waals surface area (Å²) in [4.78, 5) is 12.2. The Morgan fingerprint density at radius 3 is 2.10 bits per heavy atom. The van der Waals surface area contributed by atoms with E-state index in [2.05, 4.69) is 24.5 Å². The zero-order valence-electron chi connectivity index (χ0n) is 12.7. The number of anilines is 1. The zero-order valence-corrected chi connectivity index (χ0v) is 12.7. The maximum Gasteiger partial charge on any atom is 0.251 e. The molecule has 0 aliphatic heterocycles. The van der Waals surface area contributed by atoms with Gasteiger partial charge >= 0.3 is 0 Å². The van der Waals surface area contributed by atoms with E-state index in [1.165, 1.54) is 7.05 Å². The SMILES string of the molecule is CNc1c(F)cc(C(=O)NC2CC(C)CC(C)C2)cc1F. The van der Waals surface area contributed by atoms with E-state index < -0.39 is 17.5 Å². The number of halogens is 2. The molecule has 0 bridgehead atoms. The fraction of sp³-hybridized carbons (Fsp3) is 0.562. The average molecular weight is 296 g/mol. The highest BCUT2D eigenvalue weighted by Gasteiger charge is 2.25. The lowest BCUT2D eigenvalue weighted by atomic mass is 9.80. The third-order valence-corrected chi connectivity index (χ3v) is 4.07. The van der Waals surface area contributed by atoms with E-state index in [1.807, 2.05) is 0 Å². The van der Waals surface area contributed by atoms with Crippen molar-refractivity contribution in [2.75, 3.05) is 12.4 Å². The molecule has 1 aromatic carbocycles. The van der Waals surface area contributed by atoms with Crippen LogP contribution in [0.4, 0.5) is 14.5 Å². The van der Waals surface area contributed by atoms with Crippen molar-refractivity contribution in [1.29, 1.82) is 0 Å². The van der Waals surface area contributed by atoms with Crippen molar-refractivity contribution in [3.63, 3.8) is 0 Å². The van der Waals surface area contributed by atoms with Gasteiger partial charge in [-0.25, -0.2) is 8.78 Å². The van der Waals surface area contributed by atoms with Crippen LogP contribution in [0.1, 0.15) is 43.5 Å². The highest BCUT2D eigenvalue weighted by atomic mass is 19.1. The summed E-state index contributed by atoms with van der Waals surface area (Å²) in [5, 5.41) is 5.34. The number of carbonyl (C=O) groups excluding carboxylic acids is 1. The number of nitrogens with one attached hydrogen (secondary N) is 2. The average Bonchev–Trinajstić information content (AvgIpc) is 2.36. The minimum absolute atomic E-state index is 0.0230. The second-order valence-electron chi connectivity index (χ2n) is 6.15. The maximum absolute atomic E-state index is 13.7. The van der Waals surface area contributed by atoms with Crippen LogP contribution in [-0.4, -0.2) is 19.0 Å². The van der Waals surface area contributed by atoms with Gasteiger partial charge in [-0.3, -0.25) is 4.79 Å². The Bertz CT molecular complexity index is 500. The number of benzene rings is 1. The van der Waals surface area contributed by atoms with Gasteiger partial charge in [0.1, 0.15) is 17.3 Å². The monoisotopic (exact) mass is 296 g/mol. The molecule has 1 aliphatic carbocycles. The zero-order chi connectivity index (χ0) is 15.6. The van der Waals surface area contributed by atoms with E-state index in [-0.39, 0.29) is 17.3 Å². The number of hydrogen-bond acceptors (Lipinski definition) is 2. The predicted octanol–water partition coefficient (Wildman–Crippen LogP) is 3.56. The number of carbonyl (C=O) groups is 1. The summed E-state index contributed by atoms with van der Waals surface area (Å²) < 4.78 is 27.4.